The number of nitrogens with zero attached hydrogens (tertiary/aromatic N) is 6. The topological polar surface area (TPSA) is 150 Å². The minimum absolute atomic E-state index is 0.00253. The van der Waals surface area contributed by atoms with Crippen LogP contribution in [0.3, 0.4) is 0 Å². The Balaban J connectivity index is 0.00000239. The first kappa shape index (κ1) is 36.6. The Morgan fingerprint density at radius 3 is 2.28 bits per heavy atom. The van der Waals surface area contributed by atoms with Gasteiger partial charge in [-0.15, -0.1) is 0 Å². The van der Waals surface area contributed by atoms with Gasteiger partial charge in [-0.3, -0.25) is 15.1 Å². The molecule has 270 valence electrons. The molecule has 3 saturated heterocycles. The van der Waals surface area contributed by atoms with E-state index in [0.717, 1.165) is 62.5 Å². The number of ether oxygens (including phenoxy) is 3. The molecule has 6 rings (SSSR count). The normalized spacial score (nSPS) is 22.5. The Labute approximate surface area is 294 Å². The third-order valence-electron chi connectivity index (χ3n) is 9.32. The maximum absolute atomic E-state index is 12.6. The standard InChI is InChI=1S/C34H45N9O5.C2H6/c1-3-25(2)39-33(45)42(24-35)29-6-4-27(5-7-29)40-16-18-41(19-17-40)28-8-10-30(11-9-28)46-21-31-22-47-34(48-31,23-43-37-14-15-38-43)26-12-13-36-32(44)20-26;1-2/h4-11,14-15,24-26,31,35H,3,12-13,16-23H2,1-2H3,(H,36,44)(H,39,45);1-2H3. The number of carbonyl (C=O) groups excluding carboxylic acids is 2. The molecule has 2 aromatic carbocycles. The van der Waals surface area contributed by atoms with E-state index >= 15 is 0 Å². The van der Waals surface area contributed by atoms with E-state index in [9.17, 15) is 9.59 Å². The van der Waals surface area contributed by atoms with E-state index in [4.69, 9.17) is 19.6 Å². The van der Waals surface area contributed by atoms with E-state index in [1.165, 1.54) is 4.90 Å². The quantitative estimate of drug-likeness (QED) is 0.187. The number of piperazine rings is 1. The van der Waals surface area contributed by atoms with Crippen molar-refractivity contribution >= 4 is 35.3 Å². The van der Waals surface area contributed by atoms with Gasteiger partial charge in [0.2, 0.25) is 5.91 Å². The van der Waals surface area contributed by atoms with Crippen molar-refractivity contribution in [1.29, 1.82) is 5.41 Å². The molecule has 3 fully saturated rings. The summed E-state index contributed by atoms with van der Waals surface area (Å²) >= 11 is 0. The molecule has 0 radical (unpaired) electrons. The van der Waals surface area contributed by atoms with Gasteiger partial charge in [0.05, 0.1) is 31.0 Å². The Morgan fingerprint density at radius 2 is 1.70 bits per heavy atom. The predicted octanol–water partition coefficient (Wildman–Crippen LogP) is 4.27. The van der Waals surface area contributed by atoms with Crippen LogP contribution in [0.4, 0.5) is 21.9 Å². The SMILES string of the molecule is CC.CCC(C)NC(=O)N(C=N)c1ccc(N2CCN(c3ccc(OCC4COC(Cn5nccn5)(C5CCNC(=O)C5)O4)cc3)CC2)cc1. The lowest BCUT2D eigenvalue weighted by Gasteiger charge is -2.37. The van der Waals surface area contributed by atoms with Crippen LogP contribution < -0.4 is 30.1 Å². The third-order valence-corrected chi connectivity index (χ3v) is 9.32. The van der Waals surface area contributed by atoms with Crippen LogP contribution in [-0.4, -0.2) is 97.1 Å². The van der Waals surface area contributed by atoms with Crippen LogP contribution in [0.1, 0.15) is 47.0 Å². The highest BCUT2D eigenvalue weighted by molar-refractivity contribution is 6.06. The number of rotatable bonds is 12. The van der Waals surface area contributed by atoms with Gasteiger partial charge in [0.15, 0.2) is 5.79 Å². The van der Waals surface area contributed by atoms with Crippen LogP contribution in [-0.2, 0) is 20.8 Å². The van der Waals surface area contributed by atoms with Gasteiger partial charge in [-0.25, -0.2) is 4.79 Å². The molecule has 14 nitrogen and oxygen atoms in total. The summed E-state index contributed by atoms with van der Waals surface area (Å²) in [5.74, 6) is -0.339. The number of piperidine rings is 1. The van der Waals surface area contributed by atoms with Crippen molar-refractivity contribution in [3.05, 3.63) is 60.9 Å². The zero-order valence-electron chi connectivity index (χ0n) is 29.6. The first-order chi connectivity index (χ1) is 24.4. The van der Waals surface area contributed by atoms with Crippen molar-refractivity contribution in [2.24, 2.45) is 5.92 Å². The van der Waals surface area contributed by atoms with Gasteiger partial charge in [0, 0.05) is 62.5 Å². The summed E-state index contributed by atoms with van der Waals surface area (Å²) in [4.78, 5) is 32.3. The monoisotopic (exact) mass is 689 g/mol. The number of aromatic nitrogens is 3. The molecule has 4 heterocycles. The smallest absolute Gasteiger partial charge is 0.327 e. The molecule has 50 heavy (non-hydrogen) atoms. The van der Waals surface area contributed by atoms with Crippen LogP contribution in [0.2, 0.25) is 0 Å². The van der Waals surface area contributed by atoms with Gasteiger partial charge in [-0.2, -0.15) is 15.0 Å². The van der Waals surface area contributed by atoms with Crippen molar-refractivity contribution < 1.29 is 23.8 Å². The summed E-state index contributed by atoms with van der Waals surface area (Å²) in [5.41, 5.74) is 2.88. The van der Waals surface area contributed by atoms with Crippen molar-refractivity contribution in [1.82, 2.24) is 25.6 Å². The molecule has 0 aliphatic carbocycles. The highest BCUT2D eigenvalue weighted by atomic mass is 16.8. The molecule has 0 spiro atoms. The number of anilines is 3. The molecular formula is C36H51N9O5. The number of nitrogens with one attached hydrogen (secondary N) is 3. The summed E-state index contributed by atoms with van der Waals surface area (Å²) < 4.78 is 18.9. The molecule has 14 heteroatoms. The van der Waals surface area contributed by atoms with Crippen molar-refractivity contribution in [3.63, 3.8) is 0 Å². The summed E-state index contributed by atoms with van der Waals surface area (Å²) in [6, 6.07) is 15.6. The van der Waals surface area contributed by atoms with Gasteiger partial charge >= 0.3 is 6.03 Å². The van der Waals surface area contributed by atoms with Crippen molar-refractivity contribution in [2.75, 3.05) is 60.6 Å². The van der Waals surface area contributed by atoms with Crippen LogP contribution in [0, 0.1) is 11.3 Å². The Hall–Kier alpha value is -4.69. The van der Waals surface area contributed by atoms with Gasteiger partial charge in [-0.05, 0) is 68.3 Å². The molecule has 0 saturated carbocycles. The molecule has 3 aliphatic rings. The molecule has 3 aliphatic heterocycles. The van der Waals surface area contributed by atoms with Gasteiger partial charge in [0.1, 0.15) is 25.0 Å². The van der Waals surface area contributed by atoms with E-state index in [1.54, 1.807) is 17.2 Å². The van der Waals surface area contributed by atoms with E-state index in [-0.39, 0.29) is 30.0 Å². The first-order valence-corrected chi connectivity index (χ1v) is 17.7. The first-order valence-electron chi connectivity index (χ1n) is 17.7. The number of benzene rings is 2. The molecule has 3 amide bonds. The fourth-order valence-electron chi connectivity index (χ4n) is 6.40. The fraction of sp³-hybridized carbons (Fsp3) is 0.528. The van der Waals surface area contributed by atoms with E-state index < -0.39 is 5.79 Å². The number of amides is 3. The van der Waals surface area contributed by atoms with Crippen LogP contribution in [0.25, 0.3) is 0 Å². The lowest BCUT2D eigenvalue weighted by atomic mass is 9.88. The lowest BCUT2D eigenvalue weighted by molar-refractivity contribution is -0.223. The average molecular weight is 690 g/mol. The molecule has 0 bridgehead atoms. The van der Waals surface area contributed by atoms with Gasteiger partial charge < -0.3 is 34.6 Å². The van der Waals surface area contributed by atoms with Crippen LogP contribution >= 0.6 is 0 Å². The van der Waals surface area contributed by atoms with E-state index in [0.29, 0.717) is 38.4 Å². The summed E-state index contributed by atoms with van der Waals surface area (Å²) in [5, 5.41) is 22.0. The lowest BCUT2D eigenvalue weighted by Crippen LogP contribution is -2.50. The minimum atomic E-state index is -0.983. The molecule has 3 N–H and O–H groups in total. The highest BCUT2D eigenvalue weighted by Crippen LogP contribution is 2.38. The van der Waals surface area contributed by atoms with E-state index in [1.807, 2.05) is 64.1 Å². The second-order valence-corrected chi connectivity index (χ2v) is 12.5. The number of hydrogen-bond acceptors (Lipinski definition) is 10. The summed E-state index contributed by atoms with van der Waals surface area (Å²) in [7, 11) is 0. The van der Waals surface area contributed by atoms with Crippen LogP contribution in [0.15, 0.2) is 60.9 Å². The van der Waals surface area contributed by atoms with E-state index in [2.05, 4.69) is 42.8 Å². The molecule has 4 atom stereocenters. The Bertz CT molecular complexity index is 1510. The minimum Gasteiger partial charge on any atom is -0.491 e. The zero-order chi connectivity index (χ0) is 35.5. The predicted molar refractivity (Wildman–Crippen MR) is 193 cm³/mol. The fourth-order valence-corrected chi connectivity index (χ4v) is 6.40. The maximum Gasteiger partial charge on any atom is 0.327 e. The maximum atomic E-state index is 12.6. The highest BCUT2D eigenvalue weighted by Gasteiger charge is 2.50. The Morgan fingerprint density at radius 1 is 1.08 bits per heavy atom. The van der Waals surface area contributed by atoms with Crippen molar-refractivity contribution in [3.8, 4) is 5.75 Å². The second kappa shape index (κ2) is 17.3. The number of urea groups is 1. The second-order valence-electron chi connectivity index (χ2n) is 12.5. The molecule has 4 unspecified atom stereocenters. The van der Waals surface area contributed by atoms with Gasteiger partial charge in [0.25, 0.3) is 0 Å². The summed E-state index contributed by atoms with van der Waals surface area (Å²) in [6.07, 6.45) is 5.90. The van der Waals surface area contributed by atoms with Crippen molar-refractivity contribution in [2.45, 2.75) is 71.4 Å². The van der Waals surface area contributed by atoms with Crippen LogP contribution in [0.5, 0.6) is 5.75 Å². The number of carbonyl (C=O) groups is 2. The average Bonchev–Trinajstić information content (AvgIpc) is 3.83. The largest absolute Gasteiger partial charge is 0.491 e. The van der Waals surface area contributed by atoms with Gasteiger partial charge in [-0.1, -0.05) is 20.8 Å². The Kier molecular flexibility index (Phi) is 12.7. The third kappa shape index (κ3) is 8.90. The molecule has 1 aromatic heterocycles. The molecular weight excluding hydrogens is 638 g/mol. The zero-order valence-corrected chi connectivity index (χ0v) is 29.6. The number of hydrogen-bond donors (Lipinski definition) is 3. The summed E-state index contributed by atoms with van der Waals surface area (Å²) in [6.45, 7) is 13.0. The molecule has 3 aromatic rings.